The molecule has 1 heterocycles. The van der Waals surface area contributed by atoms with Crippen LogP contribution in [-0.4, -0.2) is 17.1 Å². The molecular formula is C9H10N2O2. The maximum Gasteiger partial charge on any atom is 0.326 e. The lowest BCUT2D eigenvalue weighted by molar-refractivity contribution is -0.137. The highest BCUT2D eigenvalue weighted by Crippen LogP contribution is 2.30. The first-order valence-corrected chi connectivity index (χ1v) is 4.05. The fourth-order valence-corrected chi connectivity index (χ4v) is 1.56. The first-order valence-electron chi connectivity index (χ1n) is 4.05. The number of rotatable bonds is 1. The Morgan fingerprint density at radius 2 is 2.38 bits per heavy atom. The molecule has 1 unspecified atom stereocenters. The molecule has 4 nitrogen and oxygen atoms in total. The molecule has 0 aromatic heterocycles. The van der Waals surface area contributed by atoms with E-state index in [1.807, 2.05) is 12.1 Å². The quantitative estimate of drug-likeness (QED) is 0.553. The van der Waals surface area contributed by atoms with E-state index < -0.39 is 12.0 Å². The maximum atomic E-state index is 10.7. The summed E-state index contributed by atoms with van der Waals surface area (Å²) in [5, 5.41) is 11.7. The molecule has 0 fully saturated rings. The van der Waals surface area contributed by atoms with Gasteiger partial charge in [0.25, 0.3) is 0 Å². The number of carbonyl (C=O) groups is 1. The van der Waals surface area contributed by atoms with Crippen molar-refractivity contribution in [2.45, 2.75) is 12.5 Å². The smallest absolute Gasteiger partial charge is 0.326 e. The van der Waals surface area contributed by atoms with Crippen molar-refractivity contribution in [3.05, 3.63) is 23.8 Å². The number of anilines is 2. The van der Waals surface area contributed by atoms with E-state index in [-0.39, 0.29) is 0 Å². The van der Waals surface area contributed by atoms with Crippen LogP contribution in [0.15, 0.2) is 18.2 Å². The van der Waals surface area contributed by atoms with Gasteiger partial charge in [-0.15, -0.1) is 0 Å². The van der Waals surface area contributed by atoms with Crippen LogP contribution >= 0.6 is 0 Å². The number of hydrogen-bond acceptors (Lipinski definition) is 3. The Bertz CT molecular complexity index is 363. The minimum Gasteiger partial charge on any atom is -0.480 e. The normalized spacial score (nSPS) is 19.2. The van der Waals surface area contributed by atoms with Crippen LogP contribution in [0.5, 0.6) is 0 Å². The molecule has 0 amide bonds. The molecule has 0 spiro atoms. The van der Waals surface area contributed by atoms with Gasteiger partial charge in [0.1, 0.15) is 6.04 Å². The molecule has 0 bridgehead atoms. The molecule has 13 heavy (non-hydrogen) atoms. The fourth-order valence-electron chi connectivity index (χ4n) is 1.56. The Balaban J connectivity index is 2.35. The molecule has 0 aliphatic carbocycles. The Morgan fingerprint density at radius 1 is 1.62 bits per heavy atom. The van der Waals surface area contributed by atoms with E-state index in [1.165, 1.54) is 0 Å². The average Bonchev–Trinajstić information content (AvgIpc) is 2.49. The van der Waals surface area contributed by atoms with Crippen LogP contribution in [0.1, 0.15) is 5.56 Å². The lowest BCUT2D eigenvalue weighted by Crippen LogP contribution is -2.26. The lowest BCUT2D eigenvalue weighted by Gasteiger charge is -2.03. The number of nitrogens with one attached hydrogen (secondary N) is 1. The number of nitrogens with two attached hydrogens (primary N) is 1. The van der Waals surface area contributed by atoms with Crippen molar-refractivity contribution in [3.63, 3.8) is 0 Å². The van der Waals surface area contributed by atoms with Gasteiger partial charge in [-0.05, 0) is 12.1 Å². The highest BCUT2D eigenvalue weighted by molar-refractivity contribution is 5.83. The molecule has 4 heteroatoms. The van der Waals surface area contributed by atoms with E-state index in [0.29, 0.717) is 12.1 Å². The number of benzene rings is 1. The summed E-state index contributed by atoms with van der Waals surface area (Å²) in [4.78, 5) is 10.7. The third-order valence-corrected chi connectivity index (χ3v) is 2.25. The number of carboxylic acids is 1. The zero-order valence-electron chi connectivity index (χ0n) is 6.95. The summed E-state index contributed by atoms with van der Waals surface area (Å²) in [6, 6.07) is 4.91. The summed E-state index contributed by atoms with van der Waals surface area (Å²) in [7, 11) is 0. The number of hydrogen-bond donors (Lipinski definition) is 3. The first-order chi connectivity index (χ1) is 6.18. The highest BCUT2D eigenvalue weighted by Gasteiger charge is 2.27. The van der Waals surface area contributed by atoms with Gasteiger partial charge in [-0.3, -0.25) is 0 Å². The third kappa shape index (κ3) is 1.20. The van der Waals surface area contributed by atoms with Gasteiger partial charge in [0.05, 0.1) is 0 Å². The minimum absolute atomic E-state index is 0.470. The minimum atomic E-state index is -0.837. The van der Waals surface area contributed by atoms with Gasteiger partial charge < -0.3 is 16.2 Å². The van der Waals surface area contributed by atoms with Crippen molar-refractivity contribution in [3.8, 4) is 0 Å². The maximum absolute atomic E-state index is 10.7. The van der Waals surface area contributed by atoms with Crippen LogP contribution < -0.4 is 11.1 Å². The van der Waals surface area contributed by atoms with Crippen molar-refractivity contribution in [1.29, 1.82) is 0 Å². The van der Waals surface area contributed by atoms with Crippen LogP contribution in [0.2, 0.25) is 0 Å². The molecular weight excluding hydrogens is 168 g/mol. The van der Waals surface area contributed by atoms with E-state index in [1.54, 1.807) is 6.07 Å². The average molecular weight is 178 g/mol. The molecule has 4 N–H and O–H groups in total. The van der Waals surface area contributed by atoms with Gasteiger partial charge in [0.15, 0.2) is 0 Å². The van der Waals surface area contributed by atoms with Crippen LogP contribution in [0.25, 0.3) is 0 Å². The Labute approximate surface area is 75.4 Å². The van der Waals surface area contributed by atoms with E-state index in [2.05, 4.69) is 5.32 Å². The summed E-state index contributed by atoms with van der Waals surface area (Å²) in [5.41, 5.74) is 8.11. The van der Waals surface area contributed by atoms with Crippen molar-refractivity contribution in [1.82, 2.24) is 0 Å². The van der Waals surface area contributed by atoms with Gasteiger partial charge in [0, 0.05) is 23.4 Å². The molecule has 1 aromatic carbocycles. The second-order valence-electron chi connectivity index (χ2n) is 3.11. The number of fused-ring (bicyclic) bond motifs is 1. The van der Waals surface area contributed by atoms with E-state index in [4.69, 9.17) is 10.8 Å². The van der Waals surface area contributed by atoms with Crippen molar-refractivity contribution < 1.29 is 9.90 Å². The molecule has 0 saturated heterocycles. The molecule has 1 aromatic rings. The summed E-state index contributed by atoms with van der Waals surface area (Å²) in [6.45, 7) is 0. The Hall–Kier alpha value is -1.71. The zero-order chi connectivity index (χ0) is 9.42. The van der Waals surface area contributed by atoms with Crippen molar-refractivity contribution in [2.75, 3.05) is 11.1 Å². The van der Waals surface area contributed by atoms with Crippen LogP contribution in [0.3, 0.4) is 0 Å². The predicted molar refractivity (Wildman–Crippen MR) is 49.6 cm³/mol. The summed E-state index contributed by atoms with van der Waals surface area (Å²) in [5.74, 6) is -0.837. The van der Waals surface area contributed by atoms with Crippen LogP contribution in [-0.2, 0) is 11.2 Å². The summed E-state index contributed by atoms with van der Waals surface area (Å²) < 4.78 is 0. The van der Waals surface area contributed by atoms with Crippen molar-refractivity contribution >= 4 is 17.3 Å². The van der Waals surface area contributed by atoms with E-state index >= 15 is 0 Å². The molecule has 2 rings (SSSR count). The summed E-state index contributed by atoms with van der Waals surface area (Å²) >= 11 is 0. The van der Waals surface area contributed by atoms with Gasteiger partial charge in [-0.25, -0.2) is 4.79 Å². The number of nitrogen functional groups attached to an aromatic ring is 1. The zero-order valence-corrected chi connectivity index (χ0v) is 6.95. The predicted octanol–water partition coefficient (Wildman–Crippen LogP) is 0.690. The molecule has 68 valence electrons. The first kappa shape index (κ1) is 7.91. The van der Waals surface area contributed by atoms with Crippen LogP contribution in [0.4, 0.5) is 11.4 Å². The monoisotopic (exact) mass is 178 g/mol. The molecule has 0 radical (unpaired) electrons. The molecule has 1 atom stereocenters. The summed E-state index contributed by atoms with van der Waals surface area (Å²) in [6.07, 6.45) is 0.470. The second-order valence-corrected chi connectivity index (χ2v) is 3.11. The van der Waals surface area contributed by atoms with Crippen LogP contribution in [0, 0.1) is 0 Å². The Morgan fingerprint density at radius 3 is 3.00 bits per heavy atom. The second kappa shape index (κ2) is 2.65. The number of carboxylic acid groups (broad SMARTS) is 1. The standard InChI is InChI=1S/C9H10N2O2/c10-6-2-1-3-7-5(6)4-8(11-7)9(12)13/h1-3,8,11H,4,10H2,(H,12,13). The van der Waals surface area contributed by atoms with Gasteiger partial charge in [-0.2, -0.15) is 0 Å². The lowest BCUT2D eigenvalue weighted by atomic mass is 10.1. The van der Waals surface area contributed by atoms with Gasteiger partial charge in [0.2, 0.25) is 0 Å². The molecule has 0 saturated carbocycles. The van der Waals surface area contributed by atoms with E-state index in [0.717, 1.165) is 11.3 Å². The SMILES string of the molecule is Nc1cccc2c1CC(C(=O)O)N2. The van der Waals surface area contributed by atoms with E-state index in [9.17, 15) is 4.79 Å². The largest absolute Gasteiger partial charge is 0.480 e. The Kier molecular flexibility index (Phi) is 1.62. The number of aliphatic carboxylic acids is 1. The fraction of sp³-hybridized carbons (Fsp3) is 0.222. The highest BCUT2D eigenvalue weighted by atomic mass is 16.4. The van der Waals surface area contributed by atoms with Crippen molar-refractivity contribution in [2.24, 2.45) is 0 Å². The molecule has 1 aliphatic heterocycles. The third-order valence-electron chi connectivity index (χ3n) is 2.25. The topological polar surface area (TPSA) is 75.4 Å². The van der Waals surface area contributed by atoms with Gasteiger partial charge >= 0.3 is 5.97 Å². The molecule has 1 aliphatic rings. The van der Waals surface area contributed by atoms with Gasteiger partial charge in [-0.1, -0.05) is 6.07 Å².